The van der Waals surface area contributed by atoms with Crippen LogP contribution in [0.5, 0.6) is 0 Å². The van der Waals surface area contributed by atoms with Crippen molar-refractivity contribution in [2.75, 3.05) is 5.33 Å². The van der Waals surface area contributed by atoms with Gasteiger partial charge in [-0.15, -0.1) is 0 Å². The Morgan fingerprint density at radius 3 is 1.59 bits per heavy atom. The number of esters is 1. The molecule has 132 valence electrons. The maximum absolute atomic E-state index is 10.9. The van der Waals surface area contributed by atoms with Crippen LogP contribution in [0.25, 0.3) is 0 Å². The maximum atomic E-state index is 10.9. The Morgan fingerprint density at radius 1 is 0.818 bits per heavy atom. The average Bonchev–Trinajstić information content (AvgIpc) is 2.50. The third-order valence-electron chi connectivity index (χ3n) is 4.13. The van der Waals surface area contributed by atoms with Crippen molar-refractivity contribution >= 4 is 21.9 Å². The van der Waals surface area contributed by atoms with Crippen molar-refractivity contribution in [2.45, 2.75) is 110 Å². The number of unbranched alkanes of at least 4 members (excludes halogenated alkanes) is 12. The number of hydrogen-bond acceptors (Lipinski definition) is 2. The summed E-state index contributed by atoms with van der Waals surface area (Å²) in [6.45, 7) is 3.76. The van der Waals surface area contributed by atoms with E-state index in [4.69, 9.17) is 4.74 Å². The first kappa shape index (κ1) is 21.9. The van der Waals surface area contributed by atoms with E-state index in [0.29, 0.717) is 0 Å². The number of ether oxygens (including phenoxy) is 1. The van der Waals surface area contributed by atoms with E-state index in [9.17, 15) is 4.79 Å². The van der Waals surface area contributed by atoms with Gasteiger partial charge in [-0.05, 0) is 12.8 Å². The molecule has 0 spiro atoms. The molecule has 0 aliphatic rings. The molecule has 0 saturated heterocycles. The molecule has 0 rings (SSSR count). The van der Waals surface area contributed by atoms with E-state index < -0.39 is 0 Å². The van der Waals surface area contributed by atoms with Crippen LogP contribution in [0.1, 0.15) is 104 Å². The van der Waals surface area contributed by atoms with Crippen molar-refractivity contribution in [3.05, 3.63) is 0 Å². The smallest absolute Gasteiger partial charge is 0.302 e. The van der Waals surface area contributed by atoms with Gasteiger partial charge in [0, 0.05) is 12.3 Å². The quantitative estimate of drug-likeness (QED) is 0.168. The van der Waals surface area contributed by atoms with Gasteiger partial charge in [0.25, 0.3) is 0 Å². The molecule has 0 N–H and O–H groups in total. The minimum atomic E-state index is -0.167. The van der Waals surface area contributed by atoms with Crippen molar-refractivity contribution in [1.82, 2.24) is 0 Å². The molecule has 0 radical (unpaired) electrons. The summed E-state index contributed by atoms with van der Waals surface area (Å²) < 4.78 is 5.22. The standard InChI is InChI=1S/C19H37BrO2/c1-3-4-5-6-7-8-9-10-11-12-13-14-15-16-19(17-20)22-18(2)21/h19H,3-17H2,1-2H3/t19-/m1/s1. The highest BCUT2D eigenvalue weighted by Gasteiger charge is 2.09. The van der Waals surface area contributed by atoms with Gasteiger partial charge in [0.05, 0.1) is 0 Å². The van der Waals surface area contributed by atoms with E-state index in [1.807, 2.05) is 0 Å². The normalized spacial score (nSPS) is 12.3. The Bertz CT molecular complexity index is 244. The molecule has 0 amide bonds. The number of carbonyl (C=O) groups is 1. The molecule has 22 heavy (non-hydrogen) atoms. The number of halogens is 1. The zero-order valence-corrected chi connectivity index (χ0v) is 16.5. The largest absolute Gasteiger partial charge is 0.462 e. The van der Waals surface area contributed by atoms with Gasteiger partial charge in [0.1, 0.15) is 6.10 Å². The van der Waals surface area contributed by atoms with Crippen molar-refractivity contribution in [3.8, 4) is 0 Å². The van der Waals surface area contributed by atoms with Crippen LogP contribution in [0.3, 0.4) is 0 Å². The molecule has 0 aliphatic heterocycles. The van der Waals surface area contributed by atoms with Gasteiger partial charge in [0.15, 0.2) is 0 Å². The predicted molar refractivity (Wildman–Crippen MR) is 99.7 cm³/mol. The Kier molecular flexibility index (Phi) is 17.3. The maximum Gasteiger partial charge on any atom is 0.302 e. The average molecular weight is 377 g/mol. The Morgan fingerprint density at radius 2 is 1.23 bits per heavy atom. The second kappa shape index (κ2) is 17.3. The summed E-state index contributed by atoms with van der Waals surface area (Å²) in [4.78, 5) is 10.9. The van der Waals surface area contributed by atoms with Gasteiger partial charge >= 0.3 is 5.97 Å². The summed E-state index contributed by atoms with van der Waals surface area (Å²) in [5, 5.41) is 0.755. The number of carbonyl (C=O) groups excluding carboxylic acids is 1. The van der Waals surface area contributed by atoms with Crippen LogP contribution < -0.4 is 0 Å². The van der Waals surface area contributed by atoms with Crippen molar-refractivity contribution in [2.24, 2.45) is 0 Å². The van der Waals surface area contributed by atoms with Crippen molar-refractivity contribution in [1.29, 1.82) is 0 Å². The fourth-order valence-corrected chi connectivity index (χ4v) is 3.25. The summed E-state index contributed by atoms with van der Waals surface area (Å²) in [5.41, 5.74) is 0. The highest BCUT2D eigenvalue weighted by atomic mass is 79.9. The van der Waals surface area contributed by atoms with E-state index in [0.717, 1.165) is 11.8 Å². The van der Waals surface area contributed by atoms with Crippen molar-refractivity contribution < 1.29 is 9.53 Å². The molecule has 0 aromatic rings. The summed E-state index contributed by atoms with van der Waals surface area (Å²) in [6.07, 6.45) is 18.9. The Hall–Kier alpha value is -0.0500. The van der Waals surface area contributed by atoms with Gasteiger partial charge in [0.2, 0.25) is 0 Å². The molecule has 2 nitrogen and oxygen atoms in total. The third-order valence-corrected chi connectivity index (χ3v) is 4.86. The molecular formula is C19H37BrO2. The van der Waals surface area contributed by atoms with Crippen LogP contribution in [0, 0.1) is 0 Å². The zero-order valence-electron chi connectivity index (χ0n) is 14.9. The number of hydrogen-bond donors (Lipinski definition) is 0. The van der Waals surface area contributed by atoms with E-state index in [1.54, 1.807) is 0 Å². The van der Waals surface area contributed by atoms with Crippen LogP contribution in [0.4, 0.5) is 0 Å². The highest BCUT2D eigenvalue weighted by Crippen LogP contribution is 2.14. The van der Waals surface area contributed by atoms with E-state index in [2.05, 4.69) is 22.9 Å². The number of alkyl halides is 1. The second-order valence-electron chi connectivity index (χ2n) is 6.42. The molecular weight excluding hydrogens is 340 g/mol. The highest BCUT2D eigenvalue weighted by molar-refractivity contribution is 9.09. The van der Waals surface area contributed by atoms with Gasteiger partial charge in [-0.2, -0.15) is 0 Å². The second-order valence-corrected chi connectivity index (χ2v) is 7.06. The minimum absolute atomic E-state index is 0.0604. The summed E-state index contributed by atoms with van der Waals surface area (Å²) >= 11 is 3.40. The van der Waals surface area contributed by atoms with Crippen LogP contribution in [0.15, 0.2) is 0 Å². The molecule has 0 saturated carbocycles. The van der Waals surface area contributed by atoms with Crippen LogP contribution >= 0.6 is 15.9 Å². The summed E-state index contributed by atoms with van der Waals surface area (Å²) in [7, 11) is 0. The van der Waals surface area contributed by atoms with Crippen LogP contribution in [0.2, 0.25) is 0 Å². The predicted octanol–water partition coefficient (Wildman–Crippen LogP) is 6.79. The molecule has 0 heterocycles. The lowest BCUT2D eigenvalue weighted by atomic mass is 10.0. The lowest BCUT2D eigenvalue weighted by molar-refractivity contribution is -0.145. The van der Waals surface area contributed by atoms with E-state index >= 15 is 0 Å². The van der Waals surface area contributed by atoms with Crippen LogP contribution in [-0.4, -0.2) is 17.4 Å². The third kappa shape index (κ3) is 16.3. The molecule has 3 heteroatoms. The summed E-state index contributed by atoms with van der Waals surface area (Å²) in [5.74, 6) is -0.167. The van der Waals surface area contributed by atoms with Gasteiger partial charge in [-0.3, -0.25) is 4.79 Å². The fourth-order valence-electron chi connectivity index (χ4n) is 2.79. The lowest BCUT2D eigenvalue weighted by Gasteiger charge is -2.13. The SMILES string of the molecule is CCCCCCCCCCCCCCC[C@H](CBr)OC(C)=O. The Labute approximate surface area is 146 Å². The molecule has 0 bridgehead atoms. The minimum Gasteiger partial charge on any atom is -0.462 e. The first-order valence-corrected chi connectivity index (χ1v) is 10.6. The molecule has 0 aromatic carbocycles. The molecule has 0 aromatic heterocycles. The number of rotatable bonds is 16. The van der Waals surface area contributed by atoms with Crippen LogP contribution in [-0.2, 0) is 9.53 Å². The molecule has 0 unspecified atom stereocenters. The summed E-state index contributed by atoms with van der Waals surface area (Å²) in [6, 6.07) is 0. The lowest BCUT2D eigenvalue weighted by Crippen LogP contribution is -2.17. The van der Waals surface area contributed by atoms with Gasteiger partial charge < -0.3 is 4.74 Å². The van der Waals surface area contributed by atoms with E-state index in [1.165, 1.54) is 90.4 Å². The first-order valence-electron chi connectivity index (χ1n) is 9.43. The van der Waals surface area contributed by atoms with Gasteiger partial charge in [-0.1, -0.05) is 99.9 Å². The first-order chi connectivity index (χ1) is 10.7. The molecule has 1 atom stereocenters. The topological polar surface area (TPSA) is 26.3 Å². The van der Waals surface area contributed by atoms with E-state index in [-0.39, 0.29) is 12.1 Å². The molecule has 0 fully saturated rings. The van der Waals surface area contributed by atoms with Gasteiger partial charge in [-0.25, -0.2) is 0 Å². The molecule has 0 aliphatic carbocycles. The fraction of sp³-hybridized carbons (Fsp3) is 0.947. The monoisotopic (exact) mass is 376 g/mol. The Balaban J connectivity index is 3.18. The van der Waals surface area contributed by atoms with Crippen molar-refractivity contribution in [3.63, 3.8) is 0 Å². The zero-order chi connectivity index (χ0) is 16.5.